The average Bonchev–Trinajstić information content (AvgIpc) is 2.53. The Morgan fingerprint density at radius 3 is 1.92 bits per heavy atom. The Morgan fingerprint density at radius 1 is 1.00 bits per heavy atom. The fourth-order valence-corrected chi connectivity index (χ4v) is 7.29. The van der Waals surface area contributed by atoms with Gasteiger partial charge < -0.3 is 0 Å². The zero-order valence-electron chi connectivity index (χ0n) is 17.6. The Bertz CT molecular complexity index is 468. The van der Waals surface area contributed by atoms with Crippen LogP contribution in [0.3, 0.4) is 0 Å². The number of hydrogen-bond acceptors (Lipinski definition) is 2. The number of nitrogens with one attached hydrogen (secondary N) is 2. The standard InChI is InChI=1S/C18H33N2O2.2CH3.Ti/c1-7-16(21)19-14-9-15(20-17(22)8-2)11-18(10-14,12(3)4)13(5)6;;;/h12-14H,7-11H2,1-6H3,(H,19,21)(H,20,22);2*1H3;. The van der Waals surface area contributed by atoms with Crippen molar-refractivity contribution in [2.45, 2.75) is 94.0 Å². The van der Waals surface area contributed by atoms with Gasteiger partial charge in [0.1, 0.15) is 0 Å². The summed E-state index contributed by atoms with van der Waals surface area (Å²) in [5.74, 6) is 1.31. The fraction of sp³-hybridized carbons (Fsp3) is 0.900. The van der Waals surface area contributed by atoms with Gasteiger partial charge in [0.2, 0.25) is 0 Å². The van der Waals surface area contributed by atoms with Crippen LogP contribution in [0.15, 0.2) is 0 Å². The molecule has 0 aromatic heterocycles. The first kappa shape index (κ1) is 22.7. The van der Waals surface area contributed by atoms with Gasteiger partial charge in [-0.2, -0.15) is 0 Å². The molecular formula is C20H39N2O2Ti. The summed E-state index contributed by atoms with van der Waals surface area (Å²) in [7, 11) is 0. The van der Waals surface area contributed by atoms with E-state index in [1.165, 1.54) is 0 Å². The summed E-state index contributed by atoms with van der Waals surface area (Å²) in [6.45, 7) is 13.1. The SMILES string of the molecule is CCC(=O)NC1CC(C(C)C)(C(C)C)C[C](NC(=O)CC)([Ti]([CH3])[CH3])C1. The van der Waals surface area contributed by atoms with Gasteiger partial charge in [0.25, 0.3) is 0 Å². The van der Waals surface area contributed by atoms with Crippen LogP contribution in [0.2, 0.25) is 10.5 Å². The van der Waals surface area contributed by atoms with E-state index in [4.69, 9.17) is 0 Å². The molecule has 0 heterocycles. The van der Waals surface area contributed by atoms with E-state index in [9.17, 15) is 9.59 Å². The van der Waals surface area contributed by atoms with Gasteiger partial charge in [-0.25, -0.2) is 0 Å². The van der Waals surface area contributed by atoms with E-state index in [2.05, 4.69) is 48.8 Å². The Labute approximate surface area is 161 Å². The summed E-state index contributed by atoms with van der Waals surface area (Å²) in [6.07, 6.45) is 4.01. The van der Waals surface area contributed by atoms with Crippen molar-refractivity contribution in [3.05, 3.63) is 0 Å². The van der Waals surface area contributed by atoms with Crippen molar-refractivity contribution in [3.63, 3.8) is 0 Å². The van der Waals surface area contributed by atoms with Crippen LogP contribution < -0.4 is 10.6 Å². The summed E-state index contributed by atoms with van der Waals surface area (Å²) in [6, 6.07) is 0.158. The molecule has 145 valence electrons. The molecule has 2 unspecified atom stereocenters. The van der Waals surface area contributed by atoms with Gasteiger partial charge in [0.05, 0.1) is 0 Å². The Morgan fingerprint density at radius 2 is 1.52 bits per heavy atom. The van der Waals surface area contributed by atoms with E-state index in [-0.39, 0.29) is 27.1 Å². The minimum absolute atomic E-state index is 0.0917. The maximum atomic E-state index is 12.4. The average molecular weight is 387 g/mol. The molecule has 0 radical (unpaired) electrons. The van der Waals surface area contributed by atoms with Gasteiger partial charge in [-0.05, 0) is 0 Å². The third kappa shape index (κ3) is 5.10. The van der Waals surface area contributed by atoms with Gasteiger partial charge in [-0.1, -0.05) is 0 Å². The first-order chi connectivity index (χ1) is 11.5. The number of carbonyl (C=O) groups is 2. The zero-order valence-corrected chi connectivity index (χ0v) is 19.1. The molecule has 1 aliphatic rings. The molecule has 0 saturated heterocycles. The second-order valence-corrected chi connectivity index (χ2v) is 13.3. The van der Waals surface area contributed by atoms with Crippen molar-refractivity contribution in [2.75, 3.05) is 0 Å². The maximum absolute atomic E-state index is 12.4. The molecule has 25 heavy (non-hydrogen) atoms. The number of carbonyl (C=O) groups excluding carboxylic acids is 2. The first-order valence-corrected chi connectivity index (χ1v) is 13.8. The summed E-state index contributed by atoms with van der Waals surface area (Å²) in [5.41, 5.74) is 0.148. The molecule has 1 rings (SSSR count). The van der Waals surface area contributed by atoms with E-state index < -0.39 is 17.9 Å². The second kappa shape index (κ2) is 9.04. The minimum atomic E-state index is -1.50. The van der Waals surface area contributed by atoms with Gasteiger partial charge in [0.15, 0.2) is 0 Å². The fourth-order valence-electron chi connectivity index (χ4n) is 4.59. The molecular weight excluding hydrogens is 348 g/mol. The van der Waals surface area contributed by atoms with E-state index in [1.807, 2.05) is 13.8 Å². The molecule has 0 aliphatic heterocycles. The Hall–Kier alpha value is -0.346. The number of hydrogen-bond donors (Lipinski definition) is 2. The summed E-state index contributed by atoms with van der Waals surface area (Å²) < 4.78 is -0.0917. The topological polar surface area (TPSA) is 58.2 Å². The molecule has 0 aromatic carbocycles. The van der Waals surface area contributed by atoms with Crippen molar-refractivity contribution < 1.29 is 27.5 Å². The second-order valence-electron chi connectivity index (χ2n) is 8.73. The summed E-state index contributed by atoms with van der Waals surface area (Å²) >= 11 is -1.50. The number of rotatable bonds is 7. The normalized spacial score (nSPS) is 25.8. The molecule has 2 N–H and O–H groups in total. The van der Waals surface area contributed by atoms with Crippen molar-refractivity contribution >= 4 is 11.8 Å². The van der Waals surface area contributed by atoms with Crippen LogP contribution >= 0.6 is 0 Å². The van der Waals surface area contributed by atoms with Crippen LogP contribution in [-0.2, 0) is 27.5 Å². The van der Waals surface area contributed by atoms with Gasteiger partial charge in [0, 0.05) is 0 Å². The molecule has 1 aliphatic carbocycles. The molecule has 4 nitrogen and oxygen atoms in total. The van der Waals surface area contributed by atoms with Crippen molar-refractivity contribution in [1.29, 1.82) is 0 Å². The molecule has 2 amide bonds. The third-order valence-corrected chi connectivity index (χ3v) is 10.3. The van der Waals surface area contributed by atoms with Crippen LogP contribution in [0.4, 0.5) is 0 Å². The summed E-state index contributed by atoms with van der Waals surface area (Å²) in [5, 5.41) is 11.5. The molecule has 0 aromatic rings. The zero-order chi connectivity index (χ0) is 19.4. The quantitative estimate of drug-likeness (QED) is 0.640. The van der Waals surface area contributed by atoms with E-state index >= 15 is 0 Å². The van der Waals surface area contributed by atoms with E-state index in [1.54, 1.807) is 0 Å². The summed E-state index contributed by atoms with van der Waals surface area (Å²) in [4.78, 5) is 24.5. The van der Waals surface area contributed by atoms with Crippen LogP contribution in [-0.4, -0.2) is 21.7 Å². The van der Waals surface area contributed by atoms with Crippen LogP contribution in [0, 0.1) is 17.3 Å². The van der Waals surface area contributed by atoms with Gasteiger partial charge in [-0.3, -0.25) is 0 Å². The van der Waals surface area contributed by atoms with Crippen LogP contribution in [0.5, 0.6) is 0 Å². The van der Waals surface area contributed by atoms with Crippen LogP contribution in [0.1, 0.15) is 73.6 Å². The van der Waals surface area contributed by atoms with Crippen molar-refractivity contribution in [1.82, 2.24) is 10.6 Å². The predicted molar refractivity (Wildman–Crippen MR) is 101 cm³/mol. The number of amides is 2. The predicted octanol–water partition coefficient (Wildman–Crippen LogP) is 4.30. The molecule has 1 fully saturated rings. The third-order valence-electron chi connectivity index (χ3n) is 6.50. The molecule has 5 heteroatoms. The molecule has 0 spiro atoms. The monoisotopic (exact) mass is 387 g/mol. The van der Waals surface area contributed by atoms with E-state index in [0.29, 0.717) is 24.7 Å². The molecule has 2 atom stereocenters. The van der Waals surface area contributed by atoms with E-state index in [0.717, 1.165) is 19.3 Å². The Balaban J connectivity index is 3.34. The van der Waals surface area contributed by atoms with Crippen LogP contribution in [0.25, 0.3) is 0 Å². The molecule has 0 bridgehead atoms. The first-order valence-electron chi connectivity index (χ1n) is 9.94. The van der Waals surface area contributed by atoms with Gasteiger partial charge in [-0.15, -0.1) is 0 Å². The Kier molecular flexibility index (Phi) is 8.20. The van der Waals surface area contributed by atoms with Crippen molar-refractivity contribution in [2.24, 2.45) is 17.3 Å². The van der Waals surface area contributed by atoms with Crippen molar-refractivity contribution in [3.8, 4) is 0 Å². The van der Waals surface area contributed by atoms with Gasteiger partial charge >= 0.3 is 161 Å². The molecule has 1 saturated carbocycles.